The highest BCUT2D eigenvalue weighted by Crippen LogP contribution is 2.26. The number of alkyl halides is 3. The van der Waals surface area contributed by atoms with Crippen LogP contribution in [0.25, 0.3) is 0 Å². The lowest BCUT2D eigenvalue weighted by atomic mass is 10.1. The number of aromatic carboxylic acids is 1. The number of rotatable bonds is 7. The molecule has 2 aromatic rings. The molecule has 0 saturated carbocycles. The van der Waals surface area contributed by atoms with Crippen LogP contribution >= 0.6 is 0 Å². The van der Waals surface area contributed by atoms with Gasteiger partial charge in [-0.15, -0.1) is 0 Å². The van der Waals surface area contributed by atoms with Gasteiger partial charge in [-0.3, -0.25) is 4.72 Å². The second-order valence-electron chi connectivity index (χ2n) is 6.43. The number of carboxylic acid groups (broad SMARTS) is 2. The molecule has 3 N–H and O–H groups in total. The summed E-state index contributed by atoms with van der Waals surface area (Å²) in [6.07, 6.45) is -5.08. The molecular formula is C20H23F3N2O6S. The summed E-state index contributed by atoms with van der Waals surface area (Å²) in [6, 6.07) is 11.0. The number of sulfonamides is 1. The fourth-order valence-corrected chi connectivity index (χ4v) is 3.59. The Bertz CT molecular complexity index is 1050. The zero-order valence-electron chi connectivity index (χ0n) is 17.5. The lowest BCUT2D eigenvalue weighted by Crippen LogP contribution is -2.24. The molecule has 2 aromatic carbocycles. The number of carbonyl (C=O) groups is 2. The molecule has 0 unspecified atom stereocenters. The van der Waals surface area contributed by atoms with Crippen LogP contribution in [0.1, 0.15) is 29.8 Å². The number of aryl methyl sites for hydroxylation is 1. The number of halogens is 3. The van der Waals surface area contributed by atoms with E-state index in [-0.39, 0.29) is 16.1 Å². The zero-order chi connectivity index (χ0) is 24.7. The lowest BCUT2D eigenvalue weighted by Gasteiger charge is -2.23. The van der Waals surface area contributed by atoms with Crippen LogP contribution in [0.3, 0.4) is 0 Å². The molecule has 8 nitrogen and oxygen atoms in total. The summed E-state index contributed by atoms with van der Waals surface area (Å²) in [4.78, 5) is 22.5. The van der Waals surface area contributed by atoms with E-state index in [1.165, 1.54) is 18.2 Å². The van der Waals surface area contributed by atoms with Crippen LogP contribution in [0.5, 0.6) is 0 Å². The Morgan fingerprint density at radius 1 is 1.00 bits per heavy atom. The van der Waals surface area contributed by atoms with E-state index >= 15 is 0 Å². The predicted octanol–water partition coefficient (Wildman–Crippen LogP) is 3.97. The molecule has 0 amide bonds. The number of hydrogen-bond donors (Lipinski definition) is 3. The molecule has 0 aliphatic carbocycles. The van der Waals surface area contributed by atoms with Crippen molar-refractivity contribution >= 4 is 33.3 Å². The molecule has 0 saturated heterocycles. The van der Waals surface area contributed by atoms with Gasteiger partial charge in [-0.2, -0.15) is 13.2 Å². The Hall–Kier alpha value is -3.28. The Morgan fingerprint density at radius 3 is 1.91 bits per heavy atom. The van der Waals surface area contributed by atoms with Crippen molar-refractivity contribution < 1.29 is 41.4 Å². The number of benzene rings is 2. The van der Waals surface area contributed by atoms with Gasteiger partial charge >= 0.3 is 18.1 Å². The van der Waals surface area contributed by atoms with Crippen molar-refractivity contribution in [3.63, 3.8) is 0 Å². The van der Waals surface area contributed by atoms with Crippen LogP contribution in [-0.2, 0) is 14.8 Å². The van der Waals surface area contributed by atoms with E-state index in [0.717, 1.165) is 5.56 Å². The lowest BCUT2D eigenvalue weighted by molar-refractivity contribution is -0.192. The number of hydrogen-bond acceptors (Lipinski definition) is 5. The van der Waals surface area contributed by atoms with Gasteiger partial charge in [-0.1, -0.05) is 17.7 Å². The predicted molar refractivity (Wildman–Crippen MR) is 113 cm³/mol. The fourth-order valence-electron chi connectivity index (χ4n) is 2.54. The summed E-state index contributed by atoms with van der Waals surface area (Å²) in [5, 5.41) is 16.6. The maximum atomic E-state index is 12.5. The van der Waals surface area contributed by atoms with Crippen molar-refractivity contribution in [2.24, 2.45) is 0 Å². The summed E-state index contributed by atoms with van der Waals surface area (Å²) in [5.41, 5.74) is 1.80. The summed E-state index contributed by atoms with van der Waals surface area (Å²) in [5.74, 6) is -3.86. The van der Waals surface area contributed by atoms with E-state index in [0.29, 0.717) is 18.8 Å². The number of nitrogens with zero attached hydrogens (tertiary/aromatic N) is 1. The van der Waals surface area contributed by atoms with E-state index in [1.54, 1.807) is 24.3 Å². The average Bonchev–Trinajstić information content (AvgIpc) is 2.69. The van der Waals surface area contributed by atoms with Crippen molar-refractivity contribution in [3.05, 3.63) is 53.6 Å². The number of nitrogens with one attached hydrogen (secondary N) is 1. The number of carboxylic acids is 2. The van der Waals surface area contributed by atoms with E-state index in [9.17, 15) is 31.5 Å². The van der Waals surface area contributed by atoms with Crippen molar-refractivity contribution in [1.82, 2.24) is 0 Å². The van der Waals surface area contributed by atoms with Crippen LogP contribution in [-0.4, -0.2) is 49.8 Å². The van der Waals surface area contributed by atoms with E-state index in [4.69, 9.17) is 9.90 Å². The highest BCUT2D eigenvalue weighted by Gasteiger charge is 2.38. The van der Waals surface area contributed by atoms with Crippen molar-refractivity contribution in [2.45, 2.75) is 31.8 Å². The second-order valence-corrected chi connectivity index (χ2v) is 8.11. The largest absolute Gasteiger partial charge is 0.490 e. The molecule has 0 aliphatic heterocycles. The van der Waals surface area contributed by atoms with Gasteiger partial charge in [0.15, 0.2) is 0 Å². The average molecular weight is 476 g/mol. The molecule has 0 radical (unpaired) electrons. The first-order chi connectivity index (χ1) is 14.7. The van der Waals surface area contributed by atoms with E-state index < -0.39 is 28.1 Å². The molecule has 0 heterocycles. The smallest absolute Gasteiger partial charge is 0.478 e. The van der Waals surface area contributed by atoms with Crippen LogP contribution in [0.4, 0.5) is 24.5 Å². The maximum absolute atomic E-state index is 12.5. The molecule has 2 rings (SSSR count). The summed E-state index contributed by atoms with van der Waals surface area (Å²) in [6.45, 7) is 7.05. The van der Waals surface area contributed by atoms with Crippen LogP contribution in [0.15, 0.2) is 47.4 Å². The topological polar surface area (TPSA) is 124 Å². The molecule has 32 heavy (non-hydrogen) atoms. The minimum absolute atomic E-state index is 0.0628. The van der Waals surface area contributed by atoms with E-state index in [2.05, 4.69) is 4.72 Å². The van der Waals surface area contributed by atoms with Gasteiger partial charge in [0.25, 0.3) is 10.0 Å². The first kappa shape index (κ1) is 26.8. The van der Waals surface area contributed by atoms with Crippen molar-refractivity contribution in [2.75, 3.05) is 22.7 Å². The third-order valence-corrected chi connectivity index (χ3v) is 5.55. The first-order valence-corrected chi connectivity index (χ1v) is 10.7. The van der Waals surface area contributed by atoms with Gasteiger partial charge in [-0.25, -0.2) is 18.0 Å². The SMILES string of the molecule is CCN(CC)c1ccc(NS(=O)(=O)c2ccc(C)cc2)cc1C(=O)O.O=C(O)C(F)(F)F. The Morgan fingerprint density at radius 2 is 1.50 bits per heavy atom. The number of aliphatic carboxylic acids is 1. The van der Waals surface area contributed by atoms with Gasteiger partial charge in [-0.05, 0) is 51.1 Å². The molecular weight excluding hydrogens is 453 g/mol. The standard InChI is InChI=1S/C18H22N2O4S.C2HF3O2/c1-4-20(5-2)17-11-8-14(12-16(17)18(21)22)19-25(23,24)15-9-6-13(3)7-10-15;3-2(4,5)1(6)7/h6-12,19H,4-5H2,1-3H3,(H,21,22);(H,6,7). The highest BCUT2D eigenvalue weighted by molar-refractivity contribution is 7.92. The minimum Gasteiger partial charge on any atom is -0.478 e. The van der Waals surface area contributed by atoms with Gasteiger partial charge in [0.2, 0.25) is 0 Å². The Kier molecular flexibility index (Phi) is 9.07. The highest BCUT2D eigenvalue weighted by atomic mass is 32.2. The number of anilines is 2. The van der Waals surface area contributed by atoms with Crippen molar-refractivity contribution in [1.29, 1.82) is 0 Å². The van der Waals surface area contributed by atoms with E-state index in [1.807, 2.05) is 25.7 Å². The minimum atomic E-state index is -5.08. The van der Waals surface area contributed by atoms with Gasteiger partial charge in [0.05, 0.1) is 16.1 Å². The monoisotopic (exact) mass is 476 g/mol. The summed E-state index contributed by atoms with van der Waals surface area (Å²) in [7, 11) is -3.77. The zero-order valence-corrected chi connectivity index (χ0v) is 18.3. The quantitative estimate of drug-likeness (QED) is 0.552. The molecule has 176 valence electrons. The molecule has 0 bridgehead atoms. The normalized spacial score (nSPS) is 11.2. The fraction of sp³-hybridized carbons (Fsp3) is 0.300. The van der Waals surface area contributed by atoms with Crippen LogP contribution < -0.4 is 9.62 Å². The Labute approximate surface area is 183 Å². The summed E-state index contributed by atoms with van der Waals surface area (Å²) >= 11 is 0. The first-order valence-electron chi connectivity index (χ1n) is 9.24. The molecule has 0 spiro atoms. The second kappa shape index (κ2) is 10.8. The van der Waals surface area contributed by atoms with Gasteiger partial charge in [0.1, 0.15) is 0 Å². The molecule has 0 fully saturated rings. The van der Waals surface area contributed by atoms with Crippen LogP contribution in [0.2, 0.25) is 0 Å². The Balaban J connectivity index is 0.000000633. The molecule has 12 heteroatoms. The van der Waals surface area contributed by atoms with Gasteiger partial charge < -0.3 is 15.1 Å². The maximum Gasteiger partial charge on any atom is 0.490 e. The molecule has 0 aromatic heterocycles. The molecule has 0 aliphatic rings. The van der Waals surface area contributed by atoms with Crippen molar-refractivity contribution in [3.8, 4) is 0 Å². The molecule has 0 atom stereocenters. The third-order valence-electron chi connectivity index (χ3n) is 4.16. The van der Waals surface area contributed by atoms with Crippen LogP contribution in [0, 0.1) is 6.92 Å². The van der Waals surface area contributed by atoms with Gasteiger partial charge in [0, 0.05) is 18.8 Å². The third kappa shape index (κ3) is 7.45. The summed E-state index contributed by atoms with van der Waals surface area (Å²) < 4.78 is 59.1.